The molecular weight excluding hydrogens is 244 g/mol. The van der Waals surface area contributed by atoms with Crippen LogP contribution >= 0.6 is 0 Å². The molecular formula is C18H22N2. The highest BCUT2D eigenvalue weighted by Crippen LogP contribution is 2.34. The Morgan fingerprint density at radius 2 is 1.70 bits per heavy atom. The smallest absolute Gasteiger partial charge is 0.0456 e. The van der Waals surface area contributed by atoms with Gasteiger partial charge in [0.05, 0.1) is 0 Å². The molecule has 104 valence electrons. The monoisotopic (exact) mass is 266 g/mol. The maximum absolute atomic E-state index is 3.28. The fourth-order valence-corrected chi connectivity index (χ4v) is 3.06. The zero-order valence-corrected chi connectivity index (χ0v) is 12.1. The number of nitrogens with zero attached hydrogens (tertiary/aromatic N) is 1. The number of para-hydroxylation sites is 2. The number of aryl methyl sites for hydroxylation is 1. The van der Waals surface area contributed by atoms with E-state index in [0.29, 0.717) is 0 Å². The van der Waals surface area contributed by atoms with Crippen molar-refractivity contribution in [3.05, 3.63) is 59.7 Å². The number of benzene rings is 2. The van der Waals surface area contributed by atoms with Crippen molar-refractivity contribution in [2.24, 2.45) is 0 Å². The standard InChI is InChI=1S/C18H22N2/c1-19-14-16-10-3-5-12-18(16)20-13-7-6-9-15-8-2-4-11-17(15)20/h2-5,8,10-12,19H,6-7,9,13-14H2,1H3. The van der Waals surface area contributed by atoms with Crippen molar-refractivity contribution in [3.8, 4) is 0 Å². The number of rotatable bonds is 3. The second-order valence-corrected chi connectivity index (χ2v) is 5.40. The van der Waals surface area contributed by atoms with Crippen molar-refractivity contribution in [2.75, 3.05) is 18.5 Å². The minimum absolute atomic E-state index is 0.912. The lowest BCUT2D eigenvalue weighted by Crippen LogP contribution is -2.20. The minimum atomic E-state index is 0.912. The van der Waals surface area contributed by atoms with Crippen LogP contribution in [0.5, 0.6) is 0 Å². The van der Waals surface area contributed by atoms with Crippen LogP contribution in [0.15, 0.2) is 48.5 Å². The van der Waals surface area contributed by atoms with E-state index in [1.165, 1.54) is 41.8 Å². The maximum atomic E-state index is 3.28. The summed E-state index contributed by atoms with van der Waals surface area (Å²) in [5, 5.41) is 3.28. The molecule has 0 bridgehead atoms. The van der Waals surface area contributed by atoms with Gasteiger partial charge >= 0.3 is 0 Å². The molecule has 0 atom stereocenters. The second-order valence-electron chi connectivity index (χ2n) is 5.40. The first kappa shape index (κ1) is 13.2. The van der Waals surface area contributed by atoms with Crippen LogP contribution in [0.25, 0.3) is 0 Å². The SMILES string of the molecule is CNCc1ccccc1N1CCCCc2ccccc21. The molecule has 0 spiro atoms. The summed E-state index contributed by atoms with van der Waals surface area (Å²) < 4.78 is 0. The highest BCUT2D eigenvalue weighted by Gasteiger charge is 2.18. The Kier molecular flexibility index (Phi) is 4.03. The average molecular weight is 266 g/mol. The van der Waals surface area contributed by atoms with Gasteiger partial charge in [0, 0.05) is 24.5 Å². The first-order valence-corrected chi connectivity index (χ1v) is 7.48. The molecule has 0 fully saturated rings. The fourth-order valence-electron chi connectivity index (χ4n) is 3.06. The van der Waals surface area contributed by atoms with Crippen LogP contribution in [0.4, 0.5) is 11.4 Å². The molecule has 1 aliphatic heterocycles. The number of anilines is 2. The molecule has 0 saturated heterocycles. The normalized spacial score (nSPS) is 14.8. The summed E-state index contributed by atoms with van der Waals surface area (Å²) >= 11 is 0. The zero-order valence-electron chi connectivity index (χ0n) is 12.1. The van der Waals surface area contributed by atoms with Gasteiger partial charge in [-0.3, -0.25) is 0 Å². The van der Waals surface area contributed by atoms with E-state index in [-0.39, 0.29) is 0 Å². The van der Waals surface area contributed by atoms with Gasteiger partial charge in [-0.2, -0.15) is 0 Å². The predicted molar refractivity (Wildman–Crippen MR) is 85.6 cm³/mol. The largest absolute Gasteiger partial charge is 0.341 e. The van der Waals surface area contributed by atoms with Crippen LogP contribution in [-0.4, -0.2) is 13.6 Å². The Labute approximate surface area is 121 Å². The molecule has 2 aromatic rings. The summed E-state index contributed by atoms with van der Waals surface area (Å²) in [6.07, 6.45) is 3.73. The third-order valence-corrected chi connectivity index (χ3v) is 4.01. The lowest BCUT2D eigenvalue weighted by atomic mass is 10.1. The van der Waals surface area contributed by atoms with Crippen molar-refractivity contribution in [1.29, 1.82) is 0 Å². The number of hydrogen-bond donors (Lipinski definition) is 1. The van der Waals surface area contributed by atoms with Crippen LogP contribution in [0.2, 0.25) is 0 Å². The van der Waals surface area contributed by atoms with Gasteiger partial charge in [-0.15, -0.1) is 0 Å². The van der Waals surface area contributed by atoms with Crippen molar-refractivity contribution >= 4 is 11.4 Å². The van der Waals surface area contributed by atoms with E-state index in [1.807, 2.05) is 7.05 Å². The number of hydrogen-bond acceptors (Lipinski definition) is 2. The molecule has 3 rings (SSSR count). The van der Waals surface area contributed by atoms with Gasteiger partial charge in [-0.05, 0) is 49.6 Å². The third kappa shape index (κ3) is 2.56. The lowest BCUT2D eigenvalue weighted by Gasteiger charge is -2.27. The van der Waals surface area contributed by atoms with Crippen LogP contribution in [0.1, 0.15) is 24.0 Å². The van der Waals surface area contributed by atoms with E-state index in [1.54, 1.807) is 0 Å². The van der Waals surface area contributed by atoms with E-state index in [9.17, 15) is 0 Å². The number of fused-ring (bicyclic) bond motifs is 1. The highest BCUT2D eigenvalue weighted by molar-refractivity contribution is 5.69. The van der Waals surface area contributed by atoms with Gasteiger partial charge in [0.25, 0.3) is 0 Å². The van der Waals surface area contributed by atoms with Gasteiger partial charge in [0.15, 0.2) is 0 Å². The van der Waals surface area contributed by atoms with E-state index in [0.717, 1.165) is 13.1 Å². The first-order valence-electron chi connectivity index (χ1n) is 7.48. The van der Waals surface area contributed by atoms with Crippen molar-refractivity contribution in [2.45, 2.75) is 25.8 Å². The molecule has 2 nitrogen and oxygen atoms in total. The van der Waals surface area contributed by atoms with Gasteiger partial charge < -0.3 is 10.2 Å². The summed E-state index contributed by atoms with van der Waals surface area (Å²) in [6.45, 7) is 2.02. The third-order valence-electron chi connectivity index (χ3n) is 4.01. The summed E-state index contributed by atoms with van der Waals surface area (Å²) in [5.41, 5.74) is 5.57. The number of nitrogens with one attached hydrogen (secondary N) is 1. The van der Waals surface area contributed by atoms with Crippen LogP contribution < -0.4 is 10.2 Å². The Morgan fingerprint density at radius 1 is 0.950 bits per heavy atom. The minimum Gasteiger partial charge on any atom is -0.341 e. The van der Waals surface area contributed by atoms with Gasteiger partial charge in [-0.25, -0.2) is 0 Å². The Bertz CT molecular complexity index is 577. The van der Waals surface area contributed by atoms with Crippen molar-refractivity contribution < 1.29 is 0 Å². The summed E-state index contributed by atoms with van der Waals surface area (Å²) in [6, 6.07) is 17.6. The predicted octanol–water partition coefficient (Wildman–Crippen LogP) is 3.88. The summed E-state index contributed by atoms with van der Waals surface area (Å²) in [5.74, 6) is 0. The Morgan fingerprint density at radius 3 is 2.55 bits per heavy atom. The summed E-state index contributed by atoms with van der Waals surface area (Å²) in [4.78, 5) is 2.50. The zero-order chi connectivity index (χ0) is 13.8. The van der Waals surface area contributed by atoms with Crippen molar-refractivity contribution in [3.63, 3.8) is 0 Å². The summed E-state index contributed by atoms with van der Waals surface area (Å²) in [7, 11) is 2.01. The molecule has 2 aromatic carbocycles. The lowest BCUT2D eigenvalue weighted by molar-refractivity contribution is 0.755. The van der Waals surface area contributed by atoms with Gasteiger partial charge in [-0.1, -0.05) is 36.4 Å². The van der Waals surface area contributed by atoms with E-state index < -0.39 is 0 Å². The molecule has 2 heteroatoms. The Balaban J connectivity index is 2.05. The molecule has 1 heterocycles. The molecule has 0 amide bonds. The van der Waals surface area contributed by atoms with E-state index >= 15 is 0 Å². The van der Waals surface area contributed by atoms with Gasteiger partial charge in [0.1, 0.15) is 0 Å². The first-order chi connectivity index (χ1) is 9.90. The Hall–Kier alpha value is -1.80. The van der Waals surface area contributed by atoms with Crippen LogP contribution in [0, 0.1) is 0 Å². The van der Waals surface area contributed by atoms with Gasteiger partial charge in [0.2, 0.25) is 0 Å². The van der Waals surface area contributed by atoms with Crippen molar-refractivity contribution in [1.82, 2.24) is 5.32 Å². The molecule has 0 unspecified atom stereocenters. The molecule has 0 saturated carbocycles. The fraction of sp³-hybridized carbons (Fsp3) is 0.333. The van der Waals surface area contributed by atoms with Crippen LogP contribution in [-0.2, 0) is 13.0 Å². The molecule has 1 aliphatic rings. The molecule has 0 radical (unpaired) electrons. The average Bonchev–Trinajstić information content (AvgIpc) is 2.71. The molecule has 0 aliphatic carbocycles. The van der Waals surface area contributed by atoms with Crippen LogP contribution in [0.3, 0.4) is 0 Å². The molecule has 1 N–H and O–H groups in total. The van der Waals surface area contributed by atoms with E-state index in [2.05, 4.69) is 58.7 Å². The highest BCUT2D eigenvalue weighted by atomic mass is 15.1. The van der Waals surface area contributed by atoms with E-state index in [4.69, 9.17) is 0 Å². The molecule has 20 heavy (non-hydrogen) atoms. The molecule has 0 aromatic heterocycles. The maximum Gasteiger partial charge on any atom is 0.0456 e. The topological polar surface area (TPSA) is 15.3 Å². The second kappa shape index (κ2) is 6.10. The quantitative estimate of drug-likeness (QED) is 0.907.